The van der Waals surface area contributed by atoms with Crippen LogP contribution in [0.5, 0.6) is 11.5 Å². The van der Waals surface area contributed by atoms with E-state index in [0.29, 0.717) is 69.1 Å². The summed E-state index contributed by atoms with van der Waals surface area (Å²) >= 11 is 0. The highest BCUT2D eigenvalue weighted by molar-refractivity contribution is 6.20. The molecule has 2 N–H and O–H groups in total. The summed E-state index contributed by atoms with van der Waals surface area (Å²) in [5.74, 6) is -4.23. The van der Waals surface area contributed by atoms with Gasteiger partial charge in [-0.1, -0.05) is 12.2 Å². The van der Waals surface area contributed by atoms with Crippen LogP contribution in [0.15, 0.2) is 59.2 Å². The van der Waals surface area contributed by atoms with Crippen molar-refractivity contribution in [2.75, 3.05) is 72.6 Å². The number of carbonyl (C=O) groups excluding carboxylic acids is 5. The second kappa shape index (κ2) is 17.9. The zero-order chi connectivity index (χ0) is 46.4. The maximum atomic E-state index is 13.7. The Labute approximate surface area is 374 Å². The van der Waals surface area contributed by atoms with E-state index in [9.17, 15) is 38.7 Å². The Morgan fingerprint density at radius 1 is 1.02 bits per heavy atom. The van der Waals surface area contributed by atoms with E-state index in [2.05, 4.69) is 15.2 Å². The van der Waals surface area contributed by atoms with Crippen molar-refractivity contribution in [3.8, 4) is 22.6 Å². The third kappa shape index (κ3) is 8.27. The lowest BCUT2D eigenvalue weighted by molar-refractivity contribution is -0.170. The third-order valence-corrected chi connectivity index (χ3v) is 13.2. The summed E-state index contributed by atoms with van der Waals surface area (Å²) in [7, 11) is 8.75. The molecule has 4 aliphatic heterocycles. The van der Waals surface area contributed by atoms with Crippen molar-refractivity contribution in [2.24, 2.45) is 13.0 Å². The molecule has 3 aromatic rings. The Hall–Kier alpha value is -6.44. The summed E-state index contributed by atoms with van der Waals surface area (Å²) in [6.07, 6.45) is 8.68. The molecule has 3 unspecified atom stereocenters. The molecular weight excluding hydrogens is 843 g/mol. The number of rotatable bonds is 13. The Balaban J connectivity index is 0.886. The number of hydrogen-bond donors (Lipinski definition) is 2. The lowest BCUT2D eigenvalue weighted by Gasteiger charge is -2.47. The fourth-order valence-corrected chi connectivity index (χ4v) is 9.66. The first kappa shape index (κ1) is 45.1. The maximum absolute atomic E-state index is 13.7. The highest BCUT2D eigenvalue weighted by atomic mass is 16.5. The minimum atomic E-state index is -2.24. The number of hydrogen-bond acceptors (Lipinski definition) is 14. The summed E-state index contributed by atoms with van der Waals surface area (Å²) in [4.78, 5) is 102. The van der Waals surface area contributed by atoms with Crippen molar-refractivity contribution in [2.45, 2.75) is 62.3 Å². The smallest absolute Gasteiger partial charge is 0.341 e. The zero-order valence-corrected chi connectivity index (χ0v) is 37.1. The summed E-state index contributed by atoms with van der Waals surface area (Å²) in [5, 5.41) is 13.8. The quantitative estimate of drug-likeness (QED) is 0.185. The molecule has 4 saturated heterocycles. The Morgan fingerprint density at radius 3 is 2.40 bits per heavy atom. The number of carboxylic acids is 1. The van der Waals surface area contributed by atoms with Gasteiger partial charge in [0.25, 0.3) is 11.5 Å². The average Bonchev–Trinajstić information content (AvgIpc) is 3.55. The summed E-state index contributed by atoms with van der Waals surface area (Å²) < 4.78 is 25.8. The van der Waals surface area contributed by atoms with E-state index in [1.807, 2.05) is 43.4 Å². The molecule has 6 heterocycles. The number of fused-ring (bicyclic) bond motifs is 2. The number of nitrogens with one attached hydrogen (secondary N) is 1. The monoisotopic (exact) mass is 895 g/mol. The van der Waals surface area contributed by atoms with Gasteiger partial charge in [0.2, 0.25) is 23.6 Å². The first-order chi connectivity index (χ1) is 31.1. The number of aryl methyl sites for hydroxylation is 1. The van der Waals surface area contributed by atoms with Crippen LogP contribution in [-0.4, -0.2) is 150 Å². The Bertz CT molecular complexity index is 2570. The van der Waals surface area contributed by atoms with Crippen LogP contribution in [0.1, 0.15) is 44.1 Å². The number of allylic oxidation sites excluding steroid dienone is 2. The van der Waals surface area contributed by atoms with E-state index in [1.165, 1.54) is 18.2 Å². The summed E-state index contributed by atoms with van der Waals surface area (Å²) in [5.41, 5.74) is -0.529. The molecule has 0 saturated carbocycles. The molecule has 1 aliphatic carbocycles. The lowest BCUT2D eigenvalue weighted by atomic mass is 9.79. The van der Waals surface area contributed by atoms with Crippen molar-refractivity contribution in [3.05, 3.63) is 70.3 Å². The van der Waals surface area contributed by atoms with Crippen LogP contribution in [0.25, 0.3) is 21.9 Å². The van der Waals surface area contributed by atoms with Gasteiger partial charge in [-0.05, 0) is 55.5 Å². The van der Waals surface area contributed by atoms with E-state index < -0.39 is 52.8 Å². The molecular formula is C46H53N7O12. The van der Waals surface area contributed by atoms with Gasteiger partial charge in [0.05, 0.1) is 37.4 Å². The number of benzene rings is 1. The van der Waals surface area contributed by atoms with Crippen LogP contribution in [0.4, 0.5) is 5.82 Å². The van der Waals surface area contributed by atoms with Gasteiger partial charge in [-0.2, -0.15) is 0 Å². The second-order valence-electron chi connectivity index (χ2n) is 17.4. The standard InChI is InChI=1S/C46H53N7O12/c1-49(2)36-22-29-30(23-47-36)41(57)50(3)24-31(29)27-20-34(62-4)32(35(21-27)63-5)25-51-15-13-45(14-16-51)26-52(17-19-64-45)38(55)9-7-18-65-46(44(60)61)12-6-8-28-39(46)43(59)53(42(28)58)33-10-11-37(54)48-40(33)56/h6,8,12,20-24,33,39H,7,9-11,13-19,25-26H2,1-5H3,(H,60,61)(H,48,54,56). The molecule has 8 rings (SSSR count). The minimum absolute atomic E-state index is 0.0443. The number of pyridine rings is 2. The highest BCUT2D eigenvalue weighted by Crippen LogP contribution is 2.43. The number of piperidine rings is 2. The predicted molar refractivity (Wildman–Crippen MR) is 234 cm³/mol. The fourth-order valence-electron chi connectivity index (χ4n) is 9.66. The van der Waals surface area contributed by atoms with Crippen LogP contribution in [0, 0.1) is 5.92 Å². The van der Waals surface area contributed by atoms with E-state index in [1.54, 1.807) is 36.9 Å². The number of anilines is 1. The molecule has 1 aromatic carbocycles. The lowest BCUT2D eigenvalue weighted by Crippen LogP contribution is -2.58. The topological polar surface area (TPSA) is 219 Å². The van der Waals surface area contributed by atoms with Gasteiger partial charge in [0, 0.05) is 102 Å². The second-order valence-corrected chi connectivity index (χ2v) is 17.4. The number of ether oxygens (including phenoxy) is 4. The number of nitrogens with zero attached hydrogens (tertiary/aromatic N) is 6. The fraction of sp³-hybridized carbons (Fsp3) is 0.478. The number of carboxylic acid groups (broad SMARTS) is 1. The van der Waals surface area contributed by atoms with Gasteiger partial charge in [-0.3, -0.25) is 43.9 Å². The van der Waals surface area contributed by atoms with Gasteiger partial charge in [-0.25, -0.2) is 9.78 Å². The van der Waals surface area contributed by atoms with Crippen molar-refractivity contribution >= 4 is 52.1 Å². The molecule has 1 spiro atoms. The van der Waals surface area contributed by atoms with Crippen molar-refractivity contribution in [3.63, 3.8) is 0 Å². The molecule has 65 heavy (non-hydrogen) atoms. The number of imide groups is 2. The molecule has 2 aromatic heterocycles. The summed E-state index contributed by atoms with van der Waals surface area (Å²) in [6, 6.07) is 4.58. The summed E-state index contributed by atoms with van der Waals surface area (Å²) in [6.45, 7) is 2.84. The number of carbonyl (C=O) groups is 6. The van der Waals surface area contributed by atoms with Gasteiger partial charge in [-0.15, -0.1) is 0 Å². The number of amides is 5. The van der Waals surface area contributed by atoms with Gasteiger partial charge in [0.1, 0.15) is 29.3 Å². The Kier molecular flexibility index (Phi) is 12.4. The number of likely N-dealkylation sites (tertiary alicyclic amines) is 2. The van der Waals surface area contributed by atoms with Crippen LogP contribution in [0.3, 0.4) is 0 Å². The average molecular weight is 896 g/mol. The Morgan fingerprint density at radius 2 is 1.74 bits per heavy atom. The van der Waals surface area contributed by atoms with Crippen molar-refractivity contribution < 1.29 is 52.8 Å². The third-order valence-electron chi connectivity index (χ3n) is 13.2. The van der Waals surface area contributed by atoms with E-state index in [-0.39, 0.29) is 49.3 Å². The van der Waals surface area contributed by atoms with E-state index in [4.69, 9.17) is 18.9 Å². The van der Waals surface area contributed by atoms with Gasteiger partial charge < -0.3 is 38.4 Å². The van der Waals surface area contributed by atoms with Crippen molar-refractivity contribution in [1.29, 1.82) is 0 Å². The first-order valence-corrected chi connectivity index (χ1v) is 21.6. The van der Waals surface area contributed by atoms with Crippen LogP contribution >= 0.6 is 0 Å². The van der Waals surface area contributed by atoms with Gasteiger partial charge >= 0.3 is 5.97 Å². The highest BCUT2D eigenvalue weighted by Gasteiger charge is 2.61. The number of morpholine rings is 1. The number of aliphatic carboxylic acids is 1. The van der Waals surface area contributed by atoms with Crippen LogP contribution in [0.2, 0.25) is 0 Å². The number of methoxy groups -OCH3 is 2. The maximum Gasteiger partial charge on any atom is 0.341 e. The van der Waals surface area contributed by atoms with E-state index in [0.717, 1.165) is 32.8 Å². The van der Waals surface area contributed by atoms with E-state index >= 15 is 0 Å². The van der Waals surface area contributed by atoms with Crippen LogP contribution < -0.4 is 25.2 Å². The predicted octanol–water partition coefficient (Wildman–Crippen LogP) is 1.78. The first-order valence-electron chi connectivity index (χ1n) is 21.6. The molecule has 0 radical (unpaired) electrons. The molecule has 344 valence electrons. The molecule has 3 atom stereocenters. The molecule has 4 fully saturated rings. The SMILES string of the molecule is COc1cc(-c2cn(C)c(=O)c3cnc(N(C)C)cc23)cc(OC)c1CN1CCC2(CC1)CN(C(=O)CCCOC1(C(=O)O)C=CC=C3C(=O)N(C4CCC(=O)NC4=O)C(=O)C31)CCO2. The normalized spacial score (nSPS) is 23.1. The molecule has 5 amide bonds. The molecule has 19 heteroatoms. The number of aromatic nitrogens is 2. The minimum Gasteiger partial charge on any atom is -0.496 e. The van der Waals surface area contributed by atoms with Crippen LogP contribution in [-0.2, 0) is 51.8 Å². The molecule has 19 nitrogen and oxygen atoms in total. The molecule has 0 bridgehead atoms. The van der Waals surface area contributed by atoms with Crippen molar-refractivity contribution in [1.82, 2.24) is 29.6 Å². The van der Waals surface area contributed by atoms with Gasteiger partial charge in [0.15, 0.2) is 5.60 Å². The zero-order valence-electron chi connectivity index (χ0n) is 37.1. The molecule has 5 aliphatic rings. The largest absolute Gasteiger partial charge is 0.496 e.